The zero-order valence-corrected chi connectivity index (χ0v) is 17.1. The largest absolute Gasteiger partial charge is 0.489 e. The first-order valence-electron chi connectivity index (χ1n) is 9.51. The number of nitrogens with one attached hydrogen (secondary N) is 2. The smallest absolute Gasteiger partial charge is 0.239 e. The first-order chi connectivity index (χ1) is 13.8. The summed E-state index contributed by atoms with van der Waals surface area (Å²) in [7, 11) is 0. The molecular weight excluding hydrogens is 372 g/mol. The lowest BCUT2D eigenvalue weighted by atomic mass is 9.90. The highest BCUT2D eigenvalue weighted by atomic mass is 16.7. The van der Waals surface area contributed by atoms with Gasteiger partial charge in [-0.1, -0.05) is 18.2 Å². The molecule has 7 nitrogen and oxygen atoms in total. The van der Waals surface area contributed by atoms with E-state index in [-0.39, 0.29) is 25.3 Å². The Hall–Kier alpha value is -3.22. The van der Waals surface area contributed by atoms with Crippen molar-refractivity contribution in [2.24, 2.45) is 5.41 Å². The van der Waals surface area contributed by atoms with Gasteiger partial charge in [0.2, 0.25) is 18.6 Å². The Balaban J connectivity index is 1.63. The fourth-order valence-electron chi connectivity index (χ4n) is 2.76. The van der Waals surface area contributed by atoms with Crippen LogP contribution in [0.3, 0.4) is 0 Å². The third-order valence-corrected chi connectivity index (χ3v) is 4.52. The van der Waals surface area contributed by atoms with Crippen molar-refractivity contribution in [3.05, 3.63) is 48.0 Å². The SMILES string of the molecule is CC(C)Oc1ccccc1NC(=O)C(C)(C)C(=O)NCc1ccc2c(c1)OCO2. The number of hydrogen-bond acceptors (Lipinski definition) is 5. The fraction of sp³-hybridized carbons (Fsp3) is 0.364. The Bertz CT molecular complexity index is 908. The van der Waals surface area contributed by atoms with Crippen LogP contribution >= 0.6 is 0 Å². The summed E-state index contributed by atoms with van der Waals surface area (Å²) in [5, 5.41) is 5.62. The van der Waals surface area contributed by atoms with Crippen LogP contribution in [-0.4, -0.2) is 24.7 Å². The van der Waals surface area contributed by atoms with E-state index in [1.165, 1.54) is 0 Å². The molecular formula is C22H26N2O5. The standard InChI is InChI=1S/C22H26N2O5/c1-14(2)29-17-8-6-5-7-16(17)24-21(26)22(3,4)20(25)23-12-15-9-10-18-19(11-15)28-13-27-18/h5-11,14H,12-13H2,1-4H3,(H,23,25)(H,24,26). The van der Waals surface area contributed by atoms with Crippen molar-refractivity contribution in [3.63, 3.8) is 0 Å². The molecule has 2 aromatic carbocycles. The van der Waals surface area contributed by atoms with Gasteiger partial charge in [0.15, 0.2) is 11.5 Å². The summed E-state index contributed by atoms with van der Waals surface area (Å²) in [5.74, 6) is 1.10. The summed E-state index contributed by atoms with van der Waals surface area (Å²) in [6.45, 7) is 7.46. The molecule has 29 heavy (non-hydrogen) atoms. The highest BCUT2D eigenvalue weighted by molar-refractivity contribution is 6.10. The van der Waals surface area contributed by atoms with Gasteiger partial charge in [-0.3, -0.25) is 9.59 Å². The molecule has 0 unspecified atom stereocenters. The molecule has 1 aliphatic rings. The van der Waals surface area contributed by atoms with Crippen molar-refractivity contribution < 1.29 is 23.8 Å². The first kappa shape index (κ1) is 20.5. The summed E-state index contributed by atoms with van der Waals surface area (Å²) in [5.41, 5.74) is 0.110. The van der Waals surface area contributed by atoms with Crippen molar-refractivity contribution in [2.75, 3.05) is 12.1 Å². The van der Waals surface area contributed by atoms with Crippen molar-refractivity contribution in [1.82, 2.24) is 5.32 Å². The van der Waals surface area contributed by atoms with Gasteiger partial charge >= 0.3 is 0 Å². The van der Waals surface area contributed by atoms with Gasteiger partial charge in [-0.2, -0.15) is 0 Å². The molecule has 2 aromatic rings. The third-order valence-electron chi connectivity index (χ3n) is 4.52. The maximum absolute atomic E-state index is 12.8. The predicted molar refractivity (Wildman–Crippen MR) is 109 cm³/mol. The fourth-order valence-corrected chi connectivity index (χ4v) is 2.76. The Kier molecular flexibility index (Phi) is 5.96. The van der Waals surface area contributed by atoms with Crippen LogP contribution in [0.4, 0.5) is 5.69 Å². The van der Waals surface area contributed by atoms with Gasteiger partial charge < -0.3 is 24.8 Å². The van der Waals surface area contributed by atoms with Gasteiger partial charge in [-0.15, -0.1) is 0 Å². The summed E-state index contributed by atoms with van der Waals surface area (Å²) < 4.78 is 16.4. The van der Waals surface area contributed by atoms with Crippen LogP contribution in [-0.2, 0) is 16.1 Å². The number of para-hydroxylation sites is 2. The number of hydrogen-bond donors (Lipinski definition) is 2. The number of amides is 2. The molecule has 0 saturated carbocycles. The molecule has 1 aliphatic heterocycles. The zero-order chi connectivity index (χ0) is 21.0. The van der Waals surface area contributed by atoms with Gasteiger partial charge in [0.1, 0.15) is 11.2 Å². The molecule has 0 aromatic heterocycles. The summed E-state index contributed by atoms with van der Waals surface area (Å²) in [6.07, 6.45) is -0.0361. The average Bonchev–Trinajstić information content (AvgIpc) is 3.14. The van der Waals surface area contributed by atoms with Crippen molar-refractivity contribution in [1.29, 1.82) is 0 Å². The number of ether oxygens (including phenoxy) is 3. The molecule has 0 spiro atoms. The second-order valence-electron chi connectivity index (χ2n) is 7.61. The van der Waals surface area contributed by atoms with Crippen molar-refractivity contribution >= 4 is 17.5 Å². The molecule has 1 heterocycles. The number of rotatable bonds is 7. The predicted octanol–water partition coefficient (Wildman–Crippen LogP) is 3.48. The molecule has 0 aliphatic carbocycles. The lowest BCUT2D eigenvalue weighted by molar-refractivity contribution is -0.138. The Morgan fingerprint density at radius 3 is 2.55 bits per heavy atom. The summed E-state index contributed by atoms with van der Waals surface area (Å²) in [4.78, 5) is 25.5. The molecule has 0 radical (unpaired) electrons. The molecule has 2 amide bonds. The Labute approximate surface area is 170 Å². The lowest BCUT2D eigenvalue weighted by Crippen LogP contribution is -2.44. The van der Waals surface area contributed by atoms with Crippen LogP contribution in [0.1, 0.15) is 33.3 Å². The topological polar surface area (TPSA) is 85.9 Å². The minimum absolute atomic E-state index is 0.0361. The average molecular weight is 398 g/mol. The number of carbonyl (C=O) groups excluding carboxylic acids is 2. The molecule has 0 saturated heterocycles. The summed E-state index contributed by atoms with van der Waals surface area (Å²) >= 11 is 0. The second-order valence-corrected chi connectivity index (χ2v) is 7.61. The lowest BCUT2D eigenvalue weighted by Gasteiger charge is -2.24. The van der Waals surface area contributed by atoms with Crippen LogP contribution in [0, 0.1) is 5.41 Å². The molecule has 3 rings (SSSR count). The normalized spacial score (nSPS) is 12.6. The van der Waals surface area contributed by atoms with Gasteiger partial charge in [-0.05, 0) is 57.5 Å². The van der Waals surface area contributed by atoms with E-state index in [0.29, 0.717) is 22.9 Å². The van der Waals surface area contributed by atoms with Crippen LogP contribution < -0.4 is 24.8 Å². The molecule has 0 atom stereocenters. The monoisotopic (exact) mass is 398 g/mol. The van der Waals surface area contributed by atoms with E-state index in [1.54, 1.807) is 38.1 Å². The number of fused-ring (bicyclic) bond motifs is 1. The summed E-state index contributed by atoms with van der Waals surface area (Å²) in [6, 6.07) is 12.6. The Morgan fingerprint density at radius 2 is 1.79 bits per heavy atom. The van der Waals surface area contributed by atoms with E-state index in [9.17, 15) is 9.59 Å². The minimum Gasteiger partial charge on any atom is -0.489 e. The van der Waals surface area contributed by atoms with Crippen LogP contribution in [0.2, 0.25) is 0 Å². The number of anilines is 1. The van der Waals surface area contributed by atoms with E-state index in [2.05, 4.69) is 10.6 Å². The molecule has 154 valence electrons. The van der Waals surface area contributed by atoms with E-state index in [1.807, 2.05) is 32.0 Å². The maximum atomic E-state index is 12.8. The molecule has 2 N–H and O–H groups in total. The Morgan fingerprint density at radius 1 is 1.07 bits per heavy atom. The van der Waals surface area contributed by atoms with Crippen molar-refractivity contribution in [3.8, 4) is 17.2 Å². The van der Waals surface area contributed by atoms with Crippen molar-refractivity contribution in [2.45, 2.75) is 40.3 Å². The first-order valence-corrected chi connectivity index (χ1v) is 9.51. The van der Waals surface area contributed by atoms with Gasteiger partial charge in [0, 0.05) is 6.54 Å². The zero-order valence-electron chi connectivity index (χ0n) is 17.1. The quantitative estimate of drug-likeness (QED) is 0.698. The van der Waals surface area contributed by atoms with Crippen LogP contribution in [0.5, 0.6) is 17.2 Å². The number of benzene rings is 2. The third kappa shape index (κ3) is 4.80. The highest BCUT2D eigenvalue weighted by Crippen LogP contribution is 2.32. The van der Waals surface area contributed by atoms with Gasteiger partial charge in [0.05, 0.1) is 11.8 Å². The van der Waals surface area contributed by atoms with E-state index < -0.39 is 11.3 Å². The highest BCUT2D eigenvalue weighted by Gasteiger charge is 2.36. The molecule has 0 fully saturated rings. The van der Waals surface area contributed by atoms with E-state index in [4.69, 9.17) is 14.2 Å². The molecule has 0 bridgehead atoms. The second kappa shape index (κ2) is 8.43. The van der Waals surface area contributed by atoms with E-state index >= 15 is 0 Å². The van der Waals surface area contributed by atoms with Gasteiger partial charge in [0.25, 0.3) is 0 Å². The van der Waals surface area contributed by atoms with Crippen LogP contribution in [0.15, 0.2) is 42.5 Å². The van der Waals surface area contributed by atoms with Gasteiger partial charge in [-0.25, -0.2) is 0 Å². The van der Waals surface area contributed by atoms with Crippen LogP contribution in [0.25, 0.3) is 0 Å². The molecule has 7 heteroatoms. The van der Waals surface area contributed by atoms with E-state index in [0.717, 1.165) is 5.56 Å². The maximum Gasteiger partial charge on any atom is 0.239 e. The minimum atomic E-state index is -1.28. The number of carbonyl (C=O) groups is 2.